The molecule has 0 fully saturated rings. The van der Waals surface area contributed by atoms with Crippen molar-refractivity contribution >= 4 is 61.6 Å². The Morgan fingerprint density at radius 1 is 1.32 bits per heavy atom. The first-order valence-corrected chi connectivity index (χ1v) is 11.5. The SMILES string of the molecule is CC[C@H](C)c1nc2ccc(Br)cc2c(=O)n1N=Cc1ccc(O[C@H](C)C(=O)O)c(I)c1. The molecule has 1 heterocycles. The van der Waals surface area contributed by atoms with E-state index in [9.17, 15) is 9.59 Å². The van der Waals surface area contributed by atoms with E-state index < -0.39 is 12.1 Å². The van der Waals surface area contributed by atoms with E-state index in [-0.39, 0.29) is 11.5 Å². The third kappa shape index (κ3) is 5.32. The summed E-state index contributed by atoms with van der Waals surface area (Å²) in [7, 11) is 0. The van der Waals surface area contributed by atoms with Crippen molar-refractivity contribution in [2.24, 2.45) is 5.10 Å². The molecule has 0 amide bonds. The molecule has 7 nitrogen and oxygen atoms in total. The maximum atomic E-state index is 13.2. The Hall–Kier alpha value is -2.27. The maximum Gasteiger partial charge on any atom is 0.344 e. The van der Waals surface area contributed by atoms with Crippen LogP contribution >= 0.6 is 38.5 Å². The van der Waals surface area contributed by atoms with Crippen molar-refractivity contribution in [1.29, 1.82) is 0 Å². The largest absolute Gasteiger partial charge is 0.479 e. The molecule has 0 saturated heterocycles. The zero-order valence-corrected chi connectivity index (χ0v) is 20.9. The predicted molar refractivity (Wildman–Crippen MR) is 132 cm³/mol. The number of hydrogen-bond donors (Lipinski definition) is 1. The van der Waals surface area contributed by atoms with Crippen LogP contribution in [-0.2, 0) is 4.79 Å². The standard InChI is InChI=1S/C22H21BrIN3O4/c1-4-12(2)20-26-18-7-6-15(23)10-16(18)21(28)27(20)25-11-14-5-8-19(17(24)9-14)31-13(3)22(29)30/h5-13H,4H2,1-3H3,(H,29,30)/t12-,13+/m0/s1. The third-order valence-corrected chi connectivity index (χ3v) is 6.15. The molecular formula is C22H21BrIN3O4. The summed E-state index contributed by atoms with van der Waals surface area (Å²) in [5, 5.41) is 14.0. The normalized spacial score (nSPS) is 13.5. The number of aromatic nitrogens is 2. The van der Waals surface area contributed by atoms with E-state index in [0.29, 0.717) is 22.5 Å². The highest BCUT2D eigenvalue weighted by atomic mass is 127. The van der Waals surface area contributed by atoms with E-state index in [4.69, 9.17) is 14.8 Å². The van der Waals surface area contributed by atoms with Crippen LogP contribution < -0.4 is 10.3 Å². The van der Waals surface area contributed by atoms with Gasteiger partial charge in [-0.3, -0.25) is 4.79 Å². The summed E-state index contributed by atoms with van der Waals surface area (Å²) in [6, 6.07) is 10.7. The van der Waals surface area contributed by atoms with Gasteiger partial charge >= 0.3 is 5.97 Å². The van der Waals surface area contributed by atoms with Crippen LogP contribution in [0.1, 0.15) is 44.5 Å². The lowest BCUT2D eigenvalue weighted by Crippen LogP contribution is -2.24. The van der Waals surface area contributed by atoms with Crippen molar-refractivity contribution in [3.8, 4) is 5.75 Å². The quantitative estimate of drug-likeness (QED) is 0.305. The predicted octanol–water partition coefficient (Wildman–Crippen LogP) is 5.01. The smallest absolute Gasteiger partial charge is 0.344 e. The fourth-order valence-electron chi connectivity index (χ4n) is 2.84. The second-order valence-corrected chi connectivity index (χ2v) is 9.17. The van der Waals surface area contributed by atoms with Crippen LogP contribution in [-0.4, -0.2) is 33.1 Å². The highest BCUT2D eigenvalue weighted by Crippen LogP contribution is 2.23. The monoisotopic (exact) mass is 597 g/mol. The molecule has 0 bridgehead atoms. The molecule has 0 radical (unpaired) electrons. The second kappa shape index (κ2) is 9.90. The number of carbonyl (C=O) groups is 1. The average Bonchev–Trinajstić information content (AvgIpc) is 2.74. The molecule has 2 aromatic carbocycles. The summed E-state index contributed by atoms with van der Waals surface area (Å²) in [6.07, 6.45) is 1.45. The summed E-state index contributed by atoms with van der Waals surface area (Å²) < 4.78 is 8.34. The van der Waals surface area contributed by atoms with Gasteiger partial charge in [0.05, 0.1) is 20.7 Å². The van der Waals surface area contributed by atoms with Gasteiger partial charge in [0, 0.05) is 10.4 Å². The highest BCUT2D eigenvalue weighted by molar-refractivity contribution is 14.1. The number of benzene rings is 2. The van der Waals surface area contributed by atoms with Gasteiger partial charge in [0.25, 0.3) is 5.56 Å². The summed E-state index contributed by atoms with van der Waals surface area (Å²) in [6.45, 7) is 5.52. The number of fused-ring (bicyclic) bond motifs is 1. The highest BCUT2D eigenvalue weighted by Gasteiger charge is 2.16. The van der Waals surface area contributed by atoms with Crippen molar-refractivity contribution in [1.82, 2.24) is 9.66 Å². The second-order valence-electron chi connectivity index (χ2n) is 7.09. The topological polar surface area (TPSA) is 93.8 Å². The van der Waals surface area contributed by atoms with Gasteiger partial charge in [-0.15, -0.1) is 0 Å². The van der Waals surface area contributed by atoms with Crippen LogP contribution in [0.3, 0.4) is 0 Å². The molecule has 3 aromatic rings. The molecule has 1 aromatic heterocycles. The average molecular weight is 598 g/mol. The minimum atomic E-state index is -1.03. The Morgan fingerprint density at radius 2 is 2.06 bits per heavy atom. The lowest BCUT2D eigenvalue weighted by molar-refractivity contribution is -0.144. The van der Waals surface area contributed by atoms with E-state index >= 15 is 0 Å². The molecule has 0 aliphatic carbocycles. The molecule has 0 spiro atoms. The molecule has 3 rings (SSSR count). The Morgan fingerprint density at radius 3 is 2.71 bits per heavy atom. The van der Waals surface area contributed by atoms with Crippen molar-refractivity contribution in [2.75, 3.05) is 0 Å². The molecule has 0 saturated carbocycles. The number of ether oxygens (including phenoxy) is 1. The Balaban J connectivity index is 2.02. The van der Waals surface area contributed by atoms with Gasteiger partial charge in [0.15, 0.2) is 6.10 Å². The van der Waals surface area contributed by atoms with E-state index in [0.717, 1.165) is 20.0 Å². The van der Waals surface area contributed by atoms with Gasteiger partial charge in [-0.05, 0) is 77.9 Å². The Kier molecular flexibility index (Phi) is 7.47. The third-order valence-electron chi connectivity index (χ3n) is 4.82. The van der Waals surface area contributed by atoms with Crippen LogP contribution in [0.2, 0.25) is 0 Å². The lowest BCUT2D eigenvalue weighted by Gasteiger charge is -2.14. The number of hydrogen-bond acceptors (Lipinski definition) is 5. The van der Waals surface area contributed by atoms with E-state index in [1.165, 1.54) is 11.6 Å². The molecule has 162 valence electrons. The van der Waals surface area contributed by atoms with Gasteiger partial charge in [-0.25, -0.2) is 9.78 Å². The fraction of sp³-hybridized carbons (Fsp3) is 0.273. The number of rotatable bonds is 7. The molecule has 9 heteroatoms. The van der Waals surface area contributed by atoms with Crippen molar-refractivity contribution in [3.63, 3.8) is 0 Å². The van der Waals surface area contributed by atoms with Gasteiger partial charge in [0.2, 0.25) is 0 Å². The summed E-state index contributed by atoms with van der Waals surface area (Å²) >= 11 is 5.48. The molecule has 0 aliphatic heterocycles. The Bertz CT molecular complexity index is 1230. The zero-order valence-electron chi connectivity index (χ0n) is 17.2. The van der Waals surface area contributed by atoms with E-state index in [2.05, 4.69) is 43.6 Å². The first-order valence-electron chi connectivity index (χ1n) is 9.66. The first-order chi connectivity index (χ1) is 14.7. The number of carboxylic acid groups (broad SMARTS) is 1. The molecule has 0 unspecified atom stereocenters. The Labute approximate surface area is 201 Å². The zero-order chi connectivity index (χ0) is 22.7. The van der Waals surface area contributed by atoms with Gasteiger partial charge in [-0.1, -0.05) is 29.8 Å². The van der Waals surface area contributed by atoms with Gasteiger partial charge < -0.3 is 9.84 Å². The number of halogens is 2. The fourth-order valence-corrected chi connectivity index (χ4v) is 3.86. The van der Waals surface area contributed by atoms with E-state index in [1.54, 1.807) is 24.4 Å². The van der Waals surface area contributed by atoms with Crippen LogP contribution in [0.25, 0.3) is 10.9 Å². The summed E-state index contributed by atoms with van der Waals surface area (Å²) in [4.78, 5) is 28.9. The van der Waals surface area contributed by atoms with Crippen molar-refractivity contribution in [3.05, 3.63) is 66.2 Å². The molecule has 31 heavy (non-hydrogen) atoms. The van der Waals surface area contributed by atoms with Crippen LogP contribution in [0.4, 0.5) is 0 Å². The first kappa shape index (κ1) is 23.4. The molecule has 0 aliphatic rings. The molecule has 1 N–H and O–H groups in total. The van der Waals surface area contributed by atoms with Crippen molar-refractivity contribution < 1.29 is 14.6 Å². The van der Waals surface area contributed by atoms with E-state index in [1.807, 2.05) is 32.0 Å². The minimum Gasteiger partial charge on any atom is -0.479 e. The lowest BCUT2D eigenvalue weighted by atomic mass is 10.1. The number of carboxylic acids is 1. The molecule has 2 atom stereocenters. The molecular weight excluding hydrogens is 577 g/mol. The summed E-state index contributed by atoms with van der Waals surface area (Å²) in [5.74, 6) is 0.0889. The van der Waals surface area contributed by atoms with Crippen LogP contribution in [0, 0.1) is 3.57 Å². The van der Waals surface area contributed by atoms with Gasteiger partial charge in [0.1, 0.15) is 11.6 Å². The maximum absolute atomic E-state index is 13.2. The number of nitrogens with zero attached hydrogens (tertiary/aromatic N) is 3. The van der Waals surface area contributed by atoms with Crippen LogP contribution in [0.15, 0.2) is 50.8 Å². The summed E-state index contributed by atoms with van der Waals surface area (Å²) in [5.41, 5.74) is 1.15. The minimum absolute atomic E-state index is 0.0475. The van der Waals surface area contributed by atoms with Crippen LogP contribution in [0.5, 0.6) is 5.75 Å². The number of aliphatic carboxylic acids is 1. The van der Waals surface area contributed by atoms with Crippen molar-refractivity contribution in [2.45, 2.75) is 39.2 Å². The van der Waals surface area contributed by atoms with Gasteiger partial charge in [-0.2, -0.15) is 9.78 Å².